The Hall–Kier alpha value is -4.78. The van der Waals surface area contributed by atoms with Crippen LogP contribution in [0.3, 0.4) is 0 Å². The molecule has 0 saturated carbocycles. The van der Waals surface area contributed by atoms with E-state index in [1.54, 1.807) is 0 Å². The molecule has 1 aromatic heterocycles. The summed E-state index contributed by atoms with van der Waals surface area (Å²) < 4.78 is 28.4. The monoisotopic (exact) mass is 870 g/mol. The van der Waals surface area contributed by atoms with Crippen molar-refractivity contribution in [3.05, 3.63) is 127 Å². The van der Waals surface area contributed by atoms with E-state index >= 15 is 0 Å². The molecule has 8 bridgehead atoms. The van der Waals surface area contributed by atoms with Crippen molar-refractivity contribution < 1.29 is 18.9 Å². The second kappa shape index (κ2) is 19.0. The number of nitrogens with zero attached hydrogens (tertiary/aromatic N) is 3. The third kappa shape index (κ3) is 10.7. The second-order valence-electron chi connectivity index (χ2n) is 22.5. The van der Waals surface area contributed by atoms with Gasteiger partial charge in [-0.15, -0.1) is 5.10 Å². The molecule has 7 nitrogen and oxygen atoms in total. The first-order chi connectivity index (χ1) is 30.0. The predicted octanol–water partition coefficient (Wildman–Crippen LogP) is 13.5. The number of hydrogen-bond donors (Lipinski definition) is 0. The Kier molecular flexibility index (Phi) is 14.4. The van der Waals surface area contributed by atoms with Gasteiger partial charge in [0.05, 0.1) is 34.1 Å². The molecule has 0 amide bonds. The average Bonchev–Trinajstić information content (AvgIpc) is 3.66. The molecule has 7 heteroatoms. The van der Waals surface area contributed by atoms with E-state index in [-0.39, 0.29) is 27.6 Å². The predicted molar refractivity (Wildman–Crippen MR) is 265 cm³/mol. The second-order valence-corrected chi connectivity index (χ2v) is 22.5. The van der Waals surface area contributed by atoms with Crippen molar-refractivity contribution in [1.29, 1.82) is 0 Å². The molecular weight excluding hydrogens is 791 g/mol. The number of unbranched alkanes of at least 4 members (excludes halogenated alkanes) is 1. The van der Waals surface area contributed by atoms with E-state index in [0.29, 0.717) is 19.3 Å². The van der Waals surface area contributed by atoms with Gasteiger partial charge in [0.2, 0.25) is 0 Å². The first kappa shape index (κ1) is 48.7. The lowest BCUT2D eigenvalue weighted by Gasteiger charge is -2.31. The van der Waals surface area contributed by atoms with Gasteiger partial charge in [-0.2, -0.15) is 0 Å². The van der Waals surface area contributed by atoms with Crippen molar-refractivity contribution in [2.45, 2.75) is 175 Å². The molecule has 5 aromatic rings. The fourth-order valence-corrected chi connectivity index (χ4v) is 9.47. The number of fused-ring (bicyclic) bond motifs is 8. The highest BCUT2D eigenvalue weighted by molar-refractivity contribution is 5.61. The Balaban J connectivity index is 1.74. The number of aromatic nitrogens is 3. The molecule has 0 N–H and O–H groups in total. The van der Waals surface area contributed by atoms with Crippen LogP contribution in [-0.2, 0) is 53.9 Å². The standard InChI is InChI=1S/C57H79N3O4/c1-18-19-21-46-35-60(59-58-46)23-20-22-47-48-33-44(56(8,9)10)31-40(52(48)63-16)25-38-29-42(54(2,3)4)27-36(50(38)61-14)24-37-28-43(55(5,6)7)30-39(51(37)62-15)26-41-32-45(57(11,12)13)34-49(47)53(41)64-17/h27-35,47H,18-26H2,1-17H3. The maximum atomic E-state index is 6.69. The summed E-state index contributed by atoms with van der Waals surface area (Å²) in [5.74, 6) is 3.60. The van der Waals surface area contributed by atoms with Crippen LogP contribution in [0.4, 0.5) is 0 Å². The summed E-state index contributed by atoms with van der Waals surface area (Å²) in [6.07, 6.45) is 8.99. The van der Waals surface area contributed by atoms with Crippen molar-refractivity contribution in [2.24, 2.45) is 0 Å². The Bertz CT molecular complexity index is 2290. The van der Waals surface area contributed by atoms with E-state index < -0.39 is 0 Å². The maximum Gasteiger partial charge on any atom is 0.126 e. The van der Waals surface area contributed by atoms with Crippen LogP contribution in [0.2, 0.25) is 0 Å². The van der Waals surface area contributed by atoms with Gasteiger partial charge in [0.1, 0.15) is 23.0 Å². The Labute approximate surface area is 386 Å². The number of hydrogen-bond acceptors (Lipinski definition) is 6. The molecule has 6 rings (SSSR count). The molecule has 346 valence electrons. The number of aryl methyl sites for hydroxylation is 2. The summed E-state index contributed by atoms with van der Waals surface area (Å²) in [6, 6.07) is 19.1. The lowest BCUT2D eigenvalue weighted by molar-refractivity contribution is 0.387. The highest BCUT2D eigenvalue weighted by atomic mass is 16.5. The third-order valence-corrected chi connectivity index (χ3v) is 13.3. The smallest absolute Gasteiger partial charge is 0.126 e. The fourth-order valence-electron chi connectivity index (χ4n) is 9.47. The zero-order valence-electron chi connectivity index (χ0n) is 42.6. The summed E-state index contributed by atoms with van der Waals surface area (Å²) in [6.45, 7) is 30.7. The van der Waals surface area contributed by atoms with Crippen molar-refractivity contribution >= 4 is 0 Å². The first-order valence-corrected chi connectivity index (χ1v) is 23.7. The number of ether oxygens (including phenoxy) is 4. The molecule has 0 fully saturated rings. The van der Waals surface area contributed by atoms with Crippen LogP contribution >= 0.6 is 0 Å². The molecule has 0 saturated heterocycles. The normalized spacial score (nSPS) is 13.8. The zero-order chi connectivity index (χ0) is 46.9. The molecule has 1 aliphatic carbocycles. The summed E-state index contributed by atoms with van der Waals surface area (Å²) in [5, 5.41) is 9.12. The SMILES string of the molecule is CCCCc1cn(CCCC2c3cc(C(C)(C)C)cc(c3OC)Cc3cc(C(C)(C)C)cc(c3OC)Cc3cc(C(C)(C)C)cc(c3OC)Cc3cc(C(C)(C)C)cc2c3OC)nn1. The van der Waals surface area contributed by atoms with E-state index in [2.05, 4.69) is 155 Å². The topological polar surface area (TPSA) is 67.6 Å². The summed E-state index contributed by atoms with van der Waals surface area (Å²) in [7, 11) is 7.33. The van der Waals surface area contributed by atoms with Gasteiger partial charge in [-0.25, -0.2) is 0 Å². The van der Waals surface area contributed by atoms with Gasteiger partial charge in [-0.1, -0.05) is 150 Å². The highest BCUT2D eigenvalue weighted by Crippen LogP contribution is 2.48. The molecule has 0 radical (unpaired) electrons. The van der Waals surface area contributed by atoms with Crippen LogP contribution in [-0.4, -0.2) is 43.4 Å². The van der Waals surface area contributed by atoms with Gasteiger partial charge >= 0.3 is 0 Å². The molecular formula is C57H79N3O4. The van der Waals surface area contributed by atoms with Gasteiger partial charge in [0.25, 0.3) is 0 Å². The summed E-state index contributed by atoms with van der Waals surface area (Å²) in [5.41, 5.74) is 14.9. The van der Waals surface area contributed by atoms with Crippen LogP contribution in [0, 0.1) is 0 Å². The summed E-state index contributed by atoms with van der Waals surface area (Å²) >= 11 is 0. The third-order valence-electron chi connectivity index (χ3n) is 13.3. The van der Waals surface area contributed by atoms with Crippen LogP contribution in [0.1, 0.15) is 194 Å². The van der Waals surface area contributed by atoms with E-state index in [4.69, 9.17) is 18.9 Å². The van der Waals surface area contributed by atoms with E-state index in [9.17, 15) is 0 Å². The van der Waals surface area contributed by atoms with Gasteiger partial charge in [0.15, 0.2) is 0 Å². The largest absolute Gasteiger partial charge is 0.496 e. The van der Waals surface area contributed by atoms with Gasteiger partial charge in [-0.05, 0) is 103 Å². The zero-order valence-corrected chi connectivity index (χ0v) is 42.6. The van der Waals surface area contributed by atoms with E-state index in [0.717, 1.165) is 101 Å². The number of rotatable bonds is 11. The summed E-state index contributed by atoms with van der Waals surface area (Å²) in [4.78, 5) is 0. The van der Waals surface area contributed by atoms with Crippen LogP contribution in [0.5, 0.6) is 23.0 Å². The van der Waals surface area contributed by atoms with Crippen molar-refractivity contribution in [3.63, 3.8) is 0 Å². The Morgan fingerprint density at radius 3 is 1.17 bits per heavy atom. The minimum absolute atomic E-state index is 0.0697. The lowest BCUT2D eigenvalue weighted by Crippen LogP contribution is -2.18. The fraction of sp³-hybridized carbons (Fsp3) is 0.544. The minimum Gasteiger partial charge on any atom is -0.496 e. The molecule has 0 atom stereocenters. The minimum atomic E-state index is -0.133. The Morgan fingerprint density at radius 2 is 0.844 bits per heavy atom. The van der Waals surface area contributed by atoms with Gasteiger partial charge in [-0.3, -0.25) is 4.68 Å². The molecule has 4 aromatic carbocycles. The molecule has 1 heterocycles. The van der Waals surface area contributed by atoms with Crippen LogP contribution < -0.4 is 18.9 Å². The van der Waals surface area contributed by atoms with Gasteiger partial charge in [0, 0.05) is 49.0 Å². The number of methoxy groups -OCH3 is 4. The maximum absolute atomic E-state index is 6.69. The highest BCUT2D eigenvalue weighted by Gasteiger charge is 2.32. The Morgan fingerprint density at radius 1 is 0.500 bits per heavy atom. The lowest BCUT2D eigenvalue weighted by atomic mass is 9.76. The molecule has 64 heavy (non-hydrogen) atoms. The van der Waals surface area contributed by atoms with Crippen LogP contribution in [0.25, 0.3) is 0 Å². The average molecular weight is 870 g/mol. The first-order valence-electron chi connectivity index (χ1n) is 23.7. The number of benzene rings is 4. The van der Waals surface area contributed by atoms with Crippen molar-refractivity contribution in [1.82, 2.24) is 15.0 Å². The molecule has 0 unspecified atom stereocenters. The quantitative estimate of drug-likeness (QED) is 0.132. The van der Waals surface area contributed by atoms with E-state index in [1.165, 1.54) is 33.4 Å². The molecule has 1 aliphatic rings. The molecule has 0 spiro atoms. The molecule has 0 aliphatic heterocycles. The van der Waals surface area contributed by atoms with Gasteiger partial charge < -0.3 is 18.9 Å². The van der Waals surface area contributed by atoms with Crippen molar-refractivity contribution in [2.75, 3.05) is 28.4 Å². The van der Waals surface area contributed by atoms with E-state index in [1.807, 2.05) is 33.1 Å². The van der Waals surface area contributed by atoms with Crippen LogP contribution in [0.15, 0.2) is 54.7 Å². The van der Waals surface area contributed by atoms with Crippen molar-refractivity contribution in [3.8, 4) is 23.0 Å².